The minimum atomic E-state index is -0.157. The minimum Gasteiger partial charge on any atom is -0.497 e. The van der Waals surface area contributed by atoms with Crippen LogP contribution in [-0.2, 0) is 13.0 Å². The van der Waals surface area contributed by atoms with Gasteiger partial charge in [-0.15, -0.1) is 0 Å². The van der Waals surface area contributed by atoms with Gasteiger partial charge in [0, 0.05) is 37.0 Å². The molecule has 0 saturated heterocycles. The van der Waals surface area contributed by atoms with E-state index in [2.05, 4.69) is 16.5 Å². The Morgan fingerprint density at radius 2 is 2.10 bits per heavy atom. The molecule has 1 aromatic heterocycles. The van der Waals surface area contributed by atoms with Crippen LogP contribution in [0, 0.1) is 0 Å². The van der Waals surface area contributed by atoms with E-state index in [0.717, 1.165) is 29.3 Å². The Labute approximate surface area is 119 Å². The van der Waals surface area contributed by atoms with E-state index in [-0.39, 0.29) is 6.04 Å². The molecule has 0 aliphatic carbocycles. The number of aryl methyl sites for hydroxylation is 1. The van der Waals surface area contributed by atoms with Crippen LogP contribution in [0.15, 0.2) is 30.6 Å². The molecule has 0 spiro atoms. The summed E-state index contributed by atoms with van der Waals surface area (Å²) >= 11 is 0. The molecule has 0 radical (unpaired) electrons. The number of methoxy groups -OCH3 is 2. The Hall–Kier alpha value is -2.01. The van der Waals surface area contributed by atoms with Gasteiger partial charge in [0.15, 0.2) is 0 Å². The lowest BCUT2D eigenvalue weighted by molar-refractivity contribution is 0.386. The van der Waals surface area contributed by atoms with Crippen molar-refractivity contribution in [1.29, 1.82) is 0 Å². The maximum Gasteiger partial charge on any atom is 0.127 e. The zero-order valence-corrected chi connectivity index (χ0v) is 12.2. The van der Waals surface area contributed by atoms with E-state index in [1.165, 1.54) is 0 Å². The molecule has 0 fully saturated rings. The van der Waals surface area contributed by atoms with Crippen LogP contribution in [0.2, 0.25) is 0 Å². The summed E-state index contributed by atoms with van der Waals surface area (Å²) in [5.74, 6) is 2.54. The van der Waals surface area contributed by atoms with Crippen molar-refractivity contribution in [2.45, 2.75) is 25.9 Å². The molecule has 0 aliphatic rings. The van der Waals surface area contributed by atoms with Gasteiger partial charge in [0.2, 0.25) is 0 Å². The molecule has 2 N–H and O–H groups in total. The van der Waals surface area contributed by atoms with E-state index in [0.29, 0.717) is 6.54 Å². The molecule has 5 heteroatoms. The molecule has 108 valence electrons. The smallest absolute Gasteiger partial charge is 0.127 e. The summed E-state index contributed by atoms with van der Waals surface area (Å²) in [6.07, 6.45) is 4.64. The van der Waals surface area contributed by atoms with Gasteiger partial charge in [-0.1, -0.05) is 13.0 Å². The van der Waals surface area contributed by atoms with Crippen molar-refractivity contribution in [3.05, 3.63) is 42.0 Å². The molecule has 1 unspecified atom stereocenters. The number of aromatic nitrogens is 2. The first kappa shape index (κ1) is 14.4. The second kappa shape index (κ2) is 6.43. The van der Waals surface area contributed by atoms with Gasteiger partial charge in [-0.05, 0) is 6.07 Å². The lowest BCUT2D eigenvalue weighted by Crippen LogP contribution is -2.19. The Balaban J connectivity index is 2.22. The van der Waals surface area contributed by atoms with Crippen molar-refractivity contribution in [2.75, 3.05) is 14.2 Å². The van der Waals surface area contributed by atoms with Crippen LogP contribution >= 0.6 is 0 Å². The van der Waals surface area contributed by atoms with Crippen molar-refractivity contribution in [3.63, 3.8) is 0 Å². The van der Waals surface area contributed by atoms with Gasteiger partial charge in [-0.25, -0.2) is 4.98 Å². The third kappa shape index (κ3) is 2.93. The number of hydrogen-bond acceptors (Lipinski definition) is 4. The number of benzene rings is 1. The fourth-order valence-electron chi connectivity index (χ4n) is 2.26. The Morgan fingerprint density at radius 1 is 1.30 bits per heavy atom. The zero-order chi connectivity index (χ0) is 14.5. The molecule has 0 bridgehead atoms. The predicted octanol–water partition coefficient (Wildman–Crippen LogP) is 2.16. The molecule has 1 aromatic carbocycles. The summed E-state index contributed by atoms with van der Waals surface area (Å²) in [6, 6.07) is 5.54. The zero-order valence-electron chi connectivity index (χ0n) is 12.2. The van der Waals surface area contributed by atoms with Gasteiger partial charge in [-0.2, -0.15) is 0 Å². The number of nitrogens with zero attached hydrogens (tertiary/aromatic N) is 2. The van der Waals surface area contributed by atoms with E-state index < -0.39 is 0 Å². The van der Waals surface area contributed by atoms with Gasteiger partial charge in [0.05, 0.1) is 20.3 Å². The molecule has 0 saturated carbocycles. The van der Waals surface area contributed by atoms with Crippen LogP contribution in [-0.4, -0.2) is 23.8 Å². The average Bonchev–Trinajstić information content (AvgIpc) is 2.93. The molecule has 1 atom stereocenters. The van der Waals surface area contributed by atoms with Crippen LogP contribution < -0.4 is 15.2 Å². The molecule has 2 rings (SSSR count). The lowest BCUT2D eigenvalue weighted by Gasteiger charge is -2.18. The van der Waals surface area contributed by atoms with Gasteiger partial charge in [-0.3, -0.25) is 0 Å². The Bertz CT molecular complexity index is 566. The van der Waals surface area contributed by atoms with Gasteiger partial charge < -0.3 is 19.8 Å². The Morgan fingerprint density at radius 3 is 2.75 bits per heavy atom. The third-order valence-corrected chi connectivity index (χ3v) is 3.35. The monoisotopic (exact) mass is 275 g/mol. The highest BCUT2D eigenvalue weighted by molar-refractivity contribution is 5.42. The number of ether oxygens (including phenoxy) is 2. The molecule has 2 aromatic rings. The molecular weight excluding hydrogens is 254 g/mol. The lowest BCUT2D eigenvalue weighted by atomic mass is 10.1. The summed E-state index contributed by atoms with van der Waals surface area (Å²) in [5.41, 5.74) is 7.27. The van der Waals surface area contributed by atoms with E-state index in [4.69, 9.17) is 15.2 Å². The summed E-state index contributed by atoms with van der Waals surface area (Å²) in [7, 11) is 3.27. The van der Waals surface area contributed by atoms with E-state index >= 15 is 0 Å². The molecule has 0 aliphatic heterocycles. The SMILES string of the molecule is CCc1nccn1CC(N)c1ccc(OC)cc1OC. The van der Waals surface area contributed by atoms with Crippen molar-refractivity contribution in [2.24, 2.45) is 5.73 Å². The molecule has 0 amide bonds. The topological polar surface area (TPSA) is 62.3 Å². The highest BCUT2D eigenvalue weighted by Crippen LogP contribution is 2.29. The molecule has 1 heterocycles. The summed E-state index contributed by atoms with van der Waals surface area (Å²) in [6.45, 7) is 2.75. The first-order chi connectivity index (χ1) is 9.69. The van der Waals surface area contributed by atoms with E-state index in [1.54, 1.807) is 20.4 Å². The highest BCUT2D eigenvalue weighted by Gasteiger charge is 2.14. The van der Waals surface area contributed by atoms with Crippen LogP contribution in [0.1, 0.15) is 24.4 Å². The average molecular weight is 275 g/mol. The predicted molar refractivity (Wildman–Crippen MR) is 78.1 cm³/mol. The fraction of sp³-hybridized carbons (Fsp3) is 0.400. The summed E-state index contributed by atoms with van der Waals surface area (Å²) in [4.78, 5) is 4.31. The quantitative estimate of drug-likeness (QED) is 0.877. The van der Waals surface area contributed by atoms with Crippen LogP contribution in [0.3, 0.4) is 0 Å². The van der Waals surface area contributed by atoms with Gasteiger partial charge in [0.25, 0.3) is 0 Å². The number of imidazole rings is 1. The summed E-state index contributed by atoms with van der Waals surface area (Å²) < 4.78 is 12.7. The van der Waals surface area contributed by atoms with Crippen molar-refractivity contribution >= 4 is 0 Å². The van der Waals surface area contributed by atoms with Crippen LogP contribution in [0.4, 0.5) is 0 Å². The largest absolute Gasteiger partial charge is 0.497 e. The number of rotatable bonds is 6. The maximum atomic E-state index is 6.31. The molecular formula is C15H21N3O2. The van der Waals surface area contributed by atoms with Gasteiger partial charge >= 0.3 is 0 Å². The summed E-state index contributed by atoms with van der Waals surface area (Å²) in [5, 5.41) is 0. The first-order valence-electron chi connectivity index (χ1n) is 6.67. The first-order valence-corrected chi connectivity index (χ1v) is 6.67. The minimum absolute atomic E-state index is 0.157. The Kier molecular flexibility index (Phi) is 4.63. The third-order valence-electron chi connectivity index (χ3n) is 3.35. The van der Waals surface area contributed by atoms with Crippen LogP contribution in [0.5, 0.6) is 11.5 Å². The maximum absolute atomic E-state index is 6.31. The standard InChI is InChI=1S/C15H21N3O2/c1-4-15-17-7-8-18(15)10-13(16)12-6-5-11(19-2)9-14(12)20-3/h5-9,13H,4,10,16H2,1-3H3. The van der Waals surface area contributed by atoms with E-state index in [1.807, 2.05) is 24.4 Å². The van der Waals surface area contributed by atoms with Crippen molar-refractivity contribution in [3.8, 4) is 11.5 Å². The van der Waals surface area contributed by atoms with E-state index in [9.17, 15) is 0 Å². The normalized spacial score (nSPS) is 12.2. The highest BCUT2D eigenvalue weighted by atomic mass is 16.5. The molecule has 20 heavy (non-hydrogen) atoms. The second-order valence-electron chi connectivity index (χ2n) is 4.56. The van der Waals surface area contributed by atoms with Crippen LogP contribution in [0.25, 0.3) is 0 Å². The second-order valence-corrected chi connectivity index (χ2v) is 4.56. The number of nitrogens with two attached hydrogens (primary N) is 1. The fourth-order valence-corrected chi connectivity index (χ4v) is 2.26. The van der Waals surface area contributed by atoms with Crippen molar-refractivity contribution < 1.29 is 9.47 Å². The van der Waals surface area contributed by atoms with Crippen molar-refractivity contribution in [1.82, 2.24) is 9.55 Å². The number of hydrogen-bond donors (Lipinski definition) is 1. The van der Waals surface area contributed by atoms with Gasteiger partial charge in [0.1, 0.15) is 17.3 Å². The molecule has 5 nitrogen and oxygen atoms in total.